The van der Waals surface area contributed by atoms with Gasteiger partial charge in [-0.15, -0.1) is 0 Å². The highest BCUT2D eigenvalue weighted by Gasteiger charge is 2.10. The molecule has 0 fully saturated rings. The van der Waals surface area contributed by atoms with Crippen LogP contribution in [0.4, 0.5) is 0 Å². The highest BCUT2D eigenvalue weighted by molar-refractivity contribution is 7.08. The third-order valence-electron chi connectivity index (χ3n) is 2.71. The molecule has 2 heterocycles. The smallest absolute Gasteiger partial charge is 0.160 e. The second-order valence-electron chi connectivity index (χ2n) is 4.04. The monoisotopic (exact) mass is 248 g/mol. The molecule has 0 aliphatic rings. The highest BCUT2D eigenvalue weighted by atomic mass is 32.1. The van der Waals surface area contributed by atoms with Crippen LogP contribution < -0.4 is 0 Å². The molecule has 0 spiro atoms. The average Bonchev–Trinajstić information content (AvgIpc) is 2.76. The molecule has 2 rings (SSSR count). The van der Waals surface area contributed by atoms with Crippen LogP contribution >= 0.6 is 11.3 Å². The van der Waals surface area contributed by atoms with Crippen LogP contribution in [-0.2, 0) is 13.0 Å². The van der Waals surface area contributed by atoms with Crippen molar-refractivity contribution in [1.82, 2.24) is 9.97 Å². The fourth-order valence-corrected chi connectivity index (χ4v) is 2.57. The van der Waals surface area contributed by atoms with E-state index in [4.69, 9.17) is 0 Å². The summed E-state index contributed by atoms with van der Waals surface area (Å²) in [5.74, 6) is 0.768. The minimum Gasteiger partial charge on any atom is -0.392 e. The summed E-state index contributed by atoms with van der Waals surface area (Å²) < 4.78 is 0. The van der Waals surface area contributed by atoms with E-state index in [2.05, 4.69) is 34.6 Å². The van der Waals surface area contributed by atoms with E-state index in [1.54, 1.807) is 17.5 Å². The minimum atomic E-state index is 0.0121. The first kappa shape index (κ1) is 12.2. The first-order valence-electron chi connectivity index (χ1n) is 5.75. The SMILES string of the molecule is CCCc1nc(-c2cscc2C)ncc1CO. The number of nitrogens with zero attached hydrogens (tertiary/aromatic N) is 2. The summed E-state index contributed by atoms with van der Waals surface area (Å²) in [5, 5.41) is 13.4. The van der Waals surface area contributed by atoms with Gasteiger partial charge in [0, 0.05) is 28.4 Å². The standard InChI is InChI=1S/C13H16N2OS/c1-3-4-12-10(6-16)5-14-13(15-12)11-8-17-7-9(11)2/h5,7-8,16H,3-4,6H2,1-2H3. The average molecular weight is 248 g/mol. The number of hydrogen-bond acceptors (Lipinski definition) is 4. The molecular formula is C13H16N2OS. The van der Waals surface area contributed by atoms with Gasteiger partial charge in [0.25, 0.3) is 0 Å². The number of aryl methyl sites for hydroxylation is 2. The molecule has 0 atom stereocenters. The summed E-state index contributed by atoms with van der Waals surface area (Å²) in [6, 6.07) is 0. The lowest BCUT2D eigenvalue weighted by Crippen LogP contribution is -2.02. The third kappa shape index (κ3) is 2.53. The zero-order valence-corrected chi connectivity index (χ0v) is 10.9. The molecule has 1 N–H and O–H groups in total. The number of thiophene rings is 1. The topological polar surface area (TPSA) is 46.0 Å². The second kappa shape index (κ2) is 5.38. The predicted molar refractivity (Wildman–Crippen MR) is 70.0 cm³/mol. The summed E-state index contributed by atoms with van der Waals surface area (Å²) in [5.41, 5.74) is 4.10. The fraction of sp³-hybridized carbons (Fsp3) is 0.385. The molecule has 4 heteroatoms. The third-order valence-corrected chi connectivity index (χ3v) is 3.57. The number of aromatic nitrogens is 2. The molecule has 0 radical (unpaired) electrons. The summed E-state index contributed by atoms with van der Waals surface area (Å²) >= 11 is 1.66. The van der Waals surface area contributed by atoms with Gasteiger partial charge >= 0.3 is 0 Å². The summed E-state index contributed by atoms with van der Waals surface area (Å²) in [6.07, 6.45) is 3.64. The van der Waals surface area contributed by atoms with Crippen molar-refractivity contribution in [2.45, 2.75) is 33.3 Å². The van der Waals surface area contributed by atoms with Crippen LogP contribution in [0.5, 0.6) is 0 Å². The maximum absolute atomic E-state index is 9.24. The molecule has 0 saturated heterocycles. The second-order valence-corrected chi connectivity index (χ2v) is 4.79. The van der Waals surface area contributed by atoms with E-state index in [0.29, 0.717) is 0 Å². The van der Waals surface area contributed by atoms with Crippen LogP contribution in [0.15, 0.2) is 17.0 Å². The van der Waals surface area contributed by atoms with Crippen molar-refractivity contribution in [1.29, 1.82) is 0 Å². The van der Waals surface area contributed by atoms with Crippen LogP contribution in [0.25, 0.3) is 11.4 Å². The fourth-order valence-electron chi connectivity index (χ4n) is 1.75. The quantitative estimate of drug-likeness (QED) is 0.904. The Morgan fingerprint density at radius 2 is 2.18 bits per heavy atom. The van der Waals surface area contributed by atoms with Gasteiger partial charge in [0.2, 0.25) is 0 Å². The Balaban J connectivity index is 2.43. The van der Waals surface area contributed by atoms with Gasteiger partial charge < -0.3 is 5.11 Å². The summed E-state index contributed by atoms with van der Waals surface area (Å²) in [6.45, 7) is 4.19. The van der Waals surface area contributed by atoms with Gasteiger partial charge in [0.15, 0.2) is 5.82 Å². The number of aliphatic hydroxyl groups excluding tert-OH is 1. The molecule has 90 valence electrons. The zero-order chi connectivity index (χ0) is 12.3. The van der Waals surface area contributed by atoms with E-state index in [1.807, 2.05) is 0 Å². The van der Waals surface area contributed by atoms with Crippen LogP contribution in [0.2, 0.25) is 0 Å². The summed E-state index contributed by atoms with van der Waals surface area (Å²) in [7, 11) is 0. The molecule has 0 aliphatic heterocycles. The highest BCUT2D eigenvalue weighted by Crippen LogP contribution is 2.24. The minimum absolute atomic E-state index is 0.0121. The molecule has 0 saturated carbocycles. The lowest BCUT2D eigenvalue weighted by atomic mass is 10.1. The maximum Gasteiger partial charge on any atom is 0.160 e. The van der Waals surface area contributed by atoms with E-state index in [-0.39, 0.29) is 6.61 Å². The van der Waals surface area contributed by atoms with E-state index < -0.39 is 0 Å². The van der Waals surface area contributed by atoms with Gasteiger partial charge in [-0.2, -0.15) is 11.3 Å². The Kier molecular flexibility index (Phi) is 3.86. The van der Waals surface area contributed by atoms with Crippen molar-refractivity contribution in [3.05, 3.63) is 33.8 Å². The van der Waals surface area contributed by atoms with Gasteiger partial charge in [-0.1, -0.05) is 13.3 Å². The van der Waals surface area contributed by atoms with Crippen LogP contribution in [0.3, 0.4) is 0 Å². The van der Waals surface area contributed by atoms with Crippen molar-refractivity contribution in [2.75, 3.05) is 0 Å². The van der Waals surface area contributed by atoms with Crippen molar-refractivity contribution in [3.63, 3.8) is 0 Å². The van der Waals surface area contributed by atoms with E-state index in [9.17, 15) is 5.11 Å². The normalized spacial score (nSPS) is 10.8. The largest absolute Gasteiger partial charge is 0.392 e. The van der Waals surface area contributed by atoms with Crippen molar-refractivity contribution in [3.8, 4) is 11.4 Å². The predicted octanol–water partition coefficient (Wildman–Crippen LogP) is 2.96. The Morgan fingerprint density at radius 1 is 1.35 bits per heavy atom. The molecule has 0 amide bonds. The lowest BCUT2D eigenvalue weighted by molar-refractivity contribution is 0.279. The lowest BCUT2D eigenvalue weighted by Gasteiger charge is -2.07. The Labute approximate surface area is 105 Å². The van der Waals surface area contributed by atoms with Gasteiger partial charge in [-0.05, 0) is 24.3 Å². The van der Waals surface area contributed by atoms with E-state index in [0.717, 1.165) is 35.5 Å². The van der Waals surface area contributed by atoms with Gasteiger partial charge in [0.1, 0.15) is 0 Å². The van der Waals surface area contributed by atoms with Crippen molar-refractivity contribution in [2.24, 2.45) is 0 Å². The molecule has 17 heavy (non-hydrogen) atoms. The Hall–Kier alpha value is -1.26. The van der Waals surface area contributed by atoms with Crippen LogP contribution in [0, 0.1) is 6.92 Å². The molecule has 3 nitrogen and oxygen atoms in total. The maximum atomic E-state index is 9.24. The number of hydrogen-bond donors (Lipinski definition) is 1. The van der Waals surface area contributed by atoms with Crippen LogP contribution in [-0.4, -0.2) is 15.1 Å². The van der Waals surface area contributed by atoms with Gasteiger partial charge in [-0.25, -0.2) is 9.97 Å². The molecule has 2 aromatic heterocycles. The Bertz CT molecular complexity index is 508. The van der Waals surface area contributed by atoms with Crippen molar-refractivity contribution < 1.29 is 5.11 Å². The molecule has 2 aromatic rings. The van der Waals surface area contributed by atoms with E-state index >= 15 is 0 Å². The Morgan fingerprint density at radius 3 is 2.76 bits per heavy atom. The van der Waals surface area contributed by atoms with E-state index in [1.165, 1.54) is 5.56 Å². The first-order valence-corrected chi connectivity index (χ1v) is 6.69. The molecule has 0 bridgehead atoms. The van der Waals surface area contributed by atoms with Gasteiger partial charge in [-0.3, -0.25) is 0 Å². The molecule has 0 aromatic carbocycles. The molecular weight excluding hydrogens is 232 g/mol. The number of aliphatic hydroxyl groups is 1. The zero-order valence-electron chi connectivity index (χ0n) is 10.1. The van der Waals surface area contributed by atoms with Gasteiger partial charge in [0.05, 0.1) is 6.61 Å². The first-order chi connectivity index (χ1) is 8.26. The number of rotatable bonds is 4. The van der Waals surface area contributed by atoms with Crippen molar-refractivity contribution >= 4 is 11.3 Å². The molecule has 0 unspecified atom stereocenters. The molecule has 0 aliphatic carbocycles. The summed E-state index contributed by atoms with van der Waals surface area (Å²) in [4.78, 5) is 8.90. The van der Waals surface area contributed by atoms with Crippen LogP contribution in [0.1, 0.15) is 30.2 Å².